The monoisotopic (exact) mass is 365 g/mol. The van der Waals surface area contributed by atoms with Gasteiger partial charge in [-0.2, -0.15) is 0 Å². The summed E-state index contributed by atoms with van der Waals surface area (Å²) in [5, 5.41) is 0.562. The second-order valence-corrected chi connectivity index (χ2v) is 12.4. The Kier molecular flexibility index (Phi) is 5.35. The molecule has 6 heteroatoms. The van der Waals surface area contributed by atoms with Crippen LogP contribution in [0.3, 0.4) is 0 Å². The quantitative estimate of drug-likeness (QED) is 0.439. The third-order valence-corrected chi connectivity index (χ3v) is 7.54. The van der Waals surface area contributed by atoms with Crippen LogP contribution in [-0.4, -0.2) is 14.2 Å². The molecule has 0 amide bonds. The van der Waals surface area contributed by atoms with Crippen LogP contribution in [0.5, 0.6) is 5.75 Å². The van der Waals surface area contributed by atoms with Crippen LogP contribution in [0, 0.1) is 5.41 Å². The average Bonchev–Trinajstić information content (AvgIpc) is 2.76. The topological polar surface area (TPSA) is 73.6 Å². The molecule has 0 heterocycles. The molecular weight excluding hydrogens is 338 g/mol. The van der Waals surface area contributed by atoms with Crippen LogP contribution in [0.25, 0.3) is 0 Å². The maximum absolute atomic E-state index is 6.36. The summed E-state index contributed by atoms with van der Waals surface area (Å²) < 4.78 is 6.08. The highest BCUT2D eigenvalue weighted by atomic mass is 35.5. The highest BCUT2D eigenvalue weighted by molar-refractivity contribution is 6.71. The van der Waals surface area contributed by atoms with Gasteiger partial charge in [-0.05, 0) is 50.2 Å². The normalized spacial score (nSPS) is 18.2. The molecule has 4 nitrogen and oxygen atoms in total. The van der Waals surface area contributed by atoms with Crippen molar-refractivity contribution in [2.45, 2.75) is 52.8 Å². The molecule has 0 atom stereocenters. The first-order chi connectivity index (χ1) is 11.1. The minimum absolute atomic E-state index is 0.0127. The Labute approximate surface area is 151 Å². The molecular formula is C18H28ClN3OSi. The molecule has 0 fully saturated rings. The lowest BCUT2D eigenvalue weighted by atomic mass is 9.90. The molecule has 1 aromatic rings. The van der Waals surface area contributed by atoms with E-state index in [0.717, 1.165) is 30.2 Å². The number of halogens is 1. The summed E-state index contributed by atoms with van der Waals surface area (Å²) in [6, 6.07) is 6.57. The SMILES string of the molecule is CC[Si](C)(C)Oc1ccc(N=C(N)C2=C(N)C(C)(C)CC2)cc1Cl. The third kappa shape index (κ3) is 4.14. The van der Waals surface area contributed by atoms with Crippen LogP contribution >= 0.6 is 11.6 Å². The van der Waals surface area contributed by atoms with Gasteiger partial charge in [0.15, 0.2) is 0 Å². The van der Waals surface area contributed by atoms with Gasteiger partial charge < -0.3 is 15.9 Å². The number of amidine groups is 1. The van der Waals surface area contributed by atoms with Crippen molar-refractivity contribution in [3.63, 3.8) is 0 Å². The molecule has 0 radical (unpaired) electrons. The summed E-state index contributed by atoms with van der Waals surface area (Å²) in [5.74, 6) is 1.19. The van der Waals surface area contributed by atoms with Gasteiger partial charge in [0.2, 0.25) is 8.32 Å². The summed E-state index contributed by atoms with van der Waals surface area (Å²) in [4.78, 5) is 4.50. The summed E-state index contributed by atoms with van der Waals surface area (Å²) >= 11 is 6.36. The van der Waals surface area contributed by atoms with Crippen molar-refractivity contribution in [3.8, 4) is 5.75 Å². The zero-order chi connectivity index (χ0) is 18.1. The van der Waals surface area contributed by atoms with Crippen LogP contribution in [-0.2, 0) is 0 Å². The maximum atomic E-state index is 6.36. The Morgan fingerprint density at radius 2 is 2.04 bits per heavy atom. The van der Waals surface area contributed by atoms with Crippen LogP contribution < -0.4 is 15.9 Å². The van der Waals surface area contributed by atoms with E-state index in [-0.39, 0.29) is 5.41 Å². The van der Waals surface area contributed by atoms with Crippen LogP contribution in [0.2, 0.25) is 24.2 Å². The lowest BCUT2D eigenvalue weighted by molar-refractivity contribution is 0.438. The predicted octanol–water partition coefficient (Wildman–Crippen LogP) is 4.97. The van der Waals surface area contributed by atoms with Gasteiger partial charge in [-0.25, -0.2) is 4.99 Å². The van der Waals surface area contributed by atoms with E-state index in [1.54, 1.807) is 6.07 Å². The van der Waals surface area contributed by atoms with E-state index in [1.807, 2.05) is 12.1 Å². The second kappa shape index (κ2) is 6.80. The number of benzene rings is 1. The molecule has 0 spiro atoms. The van der Waals surface area contributed by atoms with Crippen molar-refractivity contribution >= 4 is 31.4 Å². The Morgan fingerprint density at radius 3 is 2.54 bits per heavy atom. The third-order valence-electron chi connectivity index (χ3n) is 4.77. The first-order valence-corrected chi connectivity index (χ1v) is 11.9. The number of hydrogen-bond acceptors (Lipinski definition) is 3. The van der Waals surface area contributed by atoms with Crippen molar-refractivity contribution in [3.05, 3.63) is 34.5 Å². The number of nitrogens with zero attached hydrogens (tertiary/aromatic N) is 1. The van der Waals surface area contributed by atoms with Crippen molar-refractivity contribution in [2.24, 2.45) is 21.9 Å². The number of rotatable bonds is 5. The molecule has 0 unspecified atom stereocenters. The summed E-state index contributed by atoms with van der Waals surface area (Å²) in [5.41, 5.74) is 14.9. The molecule has 1 aliphatic carbocycles. The average molecular weight is 366 g/mol. The standard InChI is InChI=1S/C18H28ClN3OSi/c1-6-24(4,5)23-15-8-7-12(11-14(15)19)22-17(21)13-9-10-18(2,3)16(13)20/h7-8,11H,6,9-10,20H2,1-5H3,(H2,21,22). The lowest BCUT2D eigenvalue weighted by Gasteiger charge is -2.23. The van der Waals surface area contributed by atoms with E-state index in [1.165, 1.54) is 0 Å². The molecule has 2 rings (SSSR count). The highest BCUT2D eigenvalue weighted by Gasteiger charge is 2.31. The summed E-state index contributed by atoms with van der Waals surface area (Å²) in [6.07, 6.45) is 1.86. The Hall–Kier alpha value is -1.46. The van der Waals surface area contributed by atoms with Gasteiger partial charge in [0.1, 0.15) is 11.6 Å². The molecule has 0 saturated carbocycles. The van der Waals surface area contributed by atoms with Crippen LogP contribution in [0.4, 0.5) is 5.69 Å². The van der Waals surface area contributed by atoms with E-state index >= 15 is 0 Å². The van der Waals surface area contributed by atoms with E-state index in [4.69, 9.17) is 27.5 Å². The number of aliphatic imine (C=N–C) groups is 1. The van der Waals surface area contributed by atoms with Gasteiger partial charge in [0.25, 0.3) is 0 Å². The van der Waals surface area contributed by atoms with Crippen molar-refractivity contribution in [2.75, 3.05) is 0 Å². The first-order valence-electron chi connectivity index (χ1n) is 8.38. The maximum Gasteiger partial charge on any atom is 0.245 e. The molecule has 0 aliphatic heterocycles. The van der Waals surface area contributed by atoms with E-state index < -0.39 is 8.32 Å². The largest absolute Gasteiger partial charge is 0.543 e. The van der Waals surface area contributed by atoms with Crippen molar-refractivity contribution in [1.29, 1.82) is 0 Å². The van der Waals surface area contributed by atoms with Gasteiger partial charge in [-0.1, -0.05) is 32.4 Å². The minimum Gasteiger partial charge on any atom is -0.543 e. The molecule has 0 saturated heterocycles. The van der Waals surface area contributed by atoms with Crippen molar-refractivity contribution in [1.82, 2.24) is 0 Å². The molecule has 0 bridgehead atoms. The Balaban J connectivity index is 2.25. The Morgan fingerprint density at radius 1 is 1.38 bits per heavy atom. The fourth-order valence-corrected chi connectivity index (χ4v) is 3.80. The van der Waals surface area contributed by atoms with Gasteiger partial charge in [0.05, 0.1) is 10.7 Å². The van der Waals surface area contributed by atoms with Gasteiger partial charge >= 0.3 is 0 Å². The van der Waals surface area contributed by atoms with Gasteiger partial charge in [-0.15, -0.1) is 0 Å². The Bertz CT molecular complexity index is 696. The minimum atomic E-state index is -1.71. The van der Waals surface area contributed by atoms with Crippen molar-refractivity contribution < 1.29 is 4.43 Å². The van der Waals surface area contributed by atoms with E-state index in [9.17, 15) is 0 Å². The van der Waals surface area contributed by atoms with Gasteiger partial charge in [0, 0.05) is 16.7 Å². The molecule has 4 N–H and O–H groups in total. The smallest absolute Gasteiger partial charge is 0.245 e. The van der Waals surface area contributed by atoms with E-state index in [0.29, 0.717) is 22.3 Å². The predicted molar refractivity (Wildman–Crippen MR) is 106 cm³/mol. The first kappa shape index (κ1) is 18.9. The molecule has 24 heavy (non-hydrogen) atoms. The van der Waals surface area contributed by atoms with Crippen LogP contribution in [0.15, 0.2) is 34.5 Å². The number of allylic oxidation sites excluding steroid dienone is 1. The van der Waals surface area contributed by atoms with E-state index in [2.05, 4.69) is 38.9 Å². The molecule has 1 aliphatic rings. The molecule has 132 valence electrons. The summed E-state index contributed by atoms with van der Waals surface area (Å²) in [7, 11) is -1.71. The molecule has 1 aromatic carbocycles. The zero-order valence-electron chi connectivity index (χ0n) is 15.2. The fourth-order valence-electron chi connectivity index (χ4n) is 2.60. The molecule has 0 aromatic heterocycles. The number of hydrogen-bond donors (Lipinski definition) is 2. The van der Waals surface area contributed by atoms with Crippen LogP contribution in [0.1, 0.15) is 33.6 Å². The lowest BCUT2D eigenvalue weighted by Crippen LogP contribution is -2.32. The fraction of sp³-hybridized carbons (Fsp3) is 0.500. The zero-order valence-corrected chi connectivity index (χ0v) is 17.0. The summed E-state index contributed by atoms with van der Waals surface area (Å²) in [6.45, 7) is 10.7. The van der Waals surface area contributed by atoms with Gasteiger partial charge in [-0.3, -0.25) is 0 Å². The number of nitrogens with two attached hydrogens (primary N) is 2. The highest BCUT2D eigenvalue weighted by Crippen LogP contribution is 2.39. The second-order valence-electron chi connectivity index (χ2n) is 7.60.